The maximum Gasteiger partial charge on any atom is 0.325 e. The van der Waals surface area contributed by atoms with E-state index in [1.54, 1.807) is 0 Å². The fourth-order valence-electron chi connectivity index (χ4n) is 1.99. The topological polar surface area (TPSA) is 83.6 Å². The number of carboxylic acids is 1. The van der Waals surface area contributed by atoms with Crippen LogP contribution in [0.5, 0.6) is 0 Å². The Hall–Kier alpha value is -1.47. The maximum absolute atomic E-state index is 13.1. The second-order valence-electron chi connectivity index (χ2n) is 4.57. The van der Waals surface area contributed by atoms with Crippen molar-refractivity contribution in [3.05, 3.63) is 34.1 Å². The molecule has 7 heteroatoms. The molecule has 5 nitrogen and oxygen atoms in total. The molecule has 0 aromatic heterocycles. The van der Waals surface area contributed by atoms with Crippen LogP contribution < -0.4 is 5.73 Å². The number of rotatable bonds is 2. The first kappa shape index (κ1) is 14.0. The summed E-state index contributed by atoms with van der Waals surface area (Å²) in [6.45, 7) is 0.229. The molecule has 0 aliphatic carbocycles. The van der Waals surface area contributed by atoms with E-state index in [1.807, 2.05) is 0 Å². The lowest BCUT2D eigenvalue weighted by molar-refractivity contribution is -0.142. The van der Waals surface area contributed by atoms with Gasteiger partial charge in [0.2, 0.25) is 0 Å². The third-order valence-electron chi connectivity index (χ3n) is 3.18. The number of carbonyl (C=O) groups excluding carboxylic acids is 1. The van der Waals surface area contributed by atoms with Crippen LogP contribution in [-0.4, -0.2) is 40.5 Å². The highest BCUT2D eigenvalue weighted by molar-refractivity contribution is 9.10. The van der Waals surface area contributed by atoms with Crippen molar-refractivity contribution in [2.75, 3.05) is 13.1 Å². The smallest absolute Gasteiger partial charge is 0.325 e. The van der Waals surface area contributed by atoms with Crippen molar-refractivity contribution < 1.29 is 19.1 Å². The number of likely N-dealkylation sites (tertiary alicyclic amines) is 1. The first-order chi connectivity index (χ1) is 8.83. The van der Waals surface area contributed by atoms with Crippen molar-refractivity contribution >= 4 is 27.8 Å². The van der Waals surface area contributed by atoms with Crippen molar-refractivity contribution in [1.82, 2.24) is 4.90 Å². The highest BCUT2D eigenvalue weighted by atomic mass is 79.9. The number of hydrogen-bond donors (Lipinski definition) is 2. The summed E-state index contributed by atoms with van der Waals surface area (Å²) in [7, 11) is 0. The van der Waals surface area contributed by atoms with Gasteiger partial charge in [0, 0.05) is 18.7 Å². The van der Waals surface area contributed by atoms with Gasteiger partial charge >= 0.3 is 5.97 Å². The summed E-state index contributed by atoms with van der Waals surface area (Å²) in [6.07, 6.45) is 0.205. The molecule has 3 N–H and O–H groups in total. The second kappa shape index (κ2) is 4.90. The van der Waals surface area contributed by atoms with Crippen LogP contribution in [0.4, 0.5) is 4.39 Å². The minimum atomic E-state index is -1.40. The Labute approximate surface area is 117 Å². The van der Waals surface area contributed by atoms with Crippen molar-refractivity contribution in [3.63, 3.8) is 0 Å². The van der Waals surface area contributed by atoms with Gasteiger partial charge in [0.05, 0.1) is 4.47 Å². The highest BCUT2D eigenvalue weighted by Crippen LogP contribution is 2.23. The van der Waals surface area contributed by atoms with Gasteiger partial charge in [-0.3, -0.25) is 9.59 Å². The van der Waals surface area contributed by atoms with Crippen molar-refractivity contribution in [2.45, 2.75) is 12.0 Å². The average molecular weight is 331 g/mol. The van der Waals surface area contributed by atoms with Crippen LogP contribution in [-0.2, 0) is 4.79 Å². The molecular weight excluding hydrogens is 319 g/mol. The number of nitrogens with zero attached hydrogens (tertiary/aromatic N) is 1. The monoisotopic (exact) mass is 330 g/mol. The summed E-state index contributed by atoms with van der Waals surface area (Å²) in [6, 6.07) is 3.91. The van der Waals surface area contributed by atoms with Crippen LogP contribution in [0.3, 0.4) is 0 Å². The van der Waals surface area contributed by atoms with Gasteiger partial charge in [-0.15, -0.1) is 0 Å². The molecule has 0 spiro atoms. The molecule has 19 heavy (non-hydrogen) atoms. The molecular formula is C12H12BrFN2O3. The van der Waals surface area contributed by atoms with Crippen molar-refractivity contribution in [2.24, 2.45) is 5.73 Å². The second-order valence-corrected chi connectivity index (χ2v) is 5.42. The van der Waals surface area contributed by atoms with E-state index in [4.69, 9.17) is 10.8 Å². The molecule has 1 aliphatic rings. The van der Waals surface area contributed by atoms with Gasteiger partial charge in [-0.05, 0) is 40.5 Å². The van der Waals surface area contributed by atoms with E-state index >= 15 is 0 Å². The number of amides is 1. The Morgan fingerprint density at radius 1 is 1.47 bits per heavy atom. The summed E-state index contributed by atoms with van der Waals surface area (Å²) in [5.74, 6) is -1.94. The average Bonchev–Trinajstić information content (AvgIpc) is 2.76. The molecule has 1 amide bonds. The van der Waals surface area contributed by atoms with Gasteiger partial charge in [0.25, 0.3) is 5.91 Å². The Kier molecular flexibility index (Phi) is 3.60. The van der Waals surface area contributed by atoms with Gasteiger partial charge in [-0.25, -0.2) is 4.39 Å². The van der Waals surface area contributed by atoms with E-state index in [0.717, 1.165) is 0 Å². The lowest BCUT2D eigenvalue weighted by atomic mass is 10.0. The van der Waals surface area contributed by atoms with Crippen LogP contribution in [0.15, 0.2) is 22.7 Å². The third kappa shape index (κ3) is 2.62. The van der Waals surface area contributed by atoms with E-state index in [2.05, 4.69) is 15.9 Å². The fraction of sp³-hybridized carbons (Fsp3) is 0.333. The SMILES string of the molecule is NC1(C(=O)O)CCN(C(=O)c2ccc(F)c(Br)c2)C1. The zero-order valence-corrected chi connectivity index (χ0v) is 11.5. The van der Waals surface area contributed by atoms with Gasteiger partial charge in [0.1, 0.15) is 11.4 Å². The van der Waals surface area contributed by atoms with Crippen LogP contribution in [0.25, 0.3) is 0 Å². The van der Waals surface area contributed by atoms with E-state index in [-0.39, 0.29) is 29.9 Å². The van der Waals surface area contributed by atoms with Crippen LogP contribution in [0.2, 0.25) is 0 Å². The largest absolute Gasteiger partial charge is 0.480 e. The lowest BCUT2D eigenvalue weighted by Gasteiger charge is -2.20. The Morgan fingerprint density at radius 2 is 2.16 bits per heavy atom. The molecule has 1 aromatic rings. The molecule has 2 rings (SSSR count). The Morgan fingerprint density at radius 3 is 2.68 bits per heavy atom. The molecule has 0 radical (unpaired) electrons. The first-order valence-electron chi connectivity index (χ1n) is 5.60. The molecule has 1 atom stereocenters. The Bertz CT molecular complexity index is 552. The van der Waals surface area contributed by atoms with Crippen LogP contribution in [0, 0.1) is 5.82 Å². The lowest BCUT2D eigenvalue weighted by Crippen LogP contribution is -2.50. The predicted octanol–water partition coefficient (Wildman–Crippen LogP) is 1.22. The number of nitrogens with two attached hydrogens (primary N) is 1. The number of benzene rings is 1. The molecule has 0 saturated carbocycles. The third-order valence-corrected chi connectivity index (χ3v) is 3.79. The Balaban J connectivity index is 2.18. The normalized spacial score (nSPS) is 22.6. The van der Waals surface area contributed by atoms with Gasteiger partial charge in [-0.2, -0.15) is 0 Å². The number of carbonyl (C=O) groups is 2. The number of aliphatic carboxylic acids is 1. The summed E-state index contributed by atoms with van der Waals surface area (Å²) in [5.41, 5.74) is 4.60. The first-order valence-corrected chi connectivity index (χ1v) is 6.39. The van der Waals surface area contributed by atoms with Crippen molar-refractivity contribution in [3.8, 4) is 0 Å². The van der Waals surface area contributed by atoms with Gasteiger partial charge < -0.3 is 15.7 Å². The summed E-state index contributed by atoms with van der Waals surface area (Å²) < 4.78 is 13.3. The van der Waals surface area contributed by atoms with E-state index in [0.29, 0.717) is 5.56 Å². The van der Waals surface area contributed by atoms with E-state index in [9.17, 15) is 14.0 Å². The van der Waals surface area contributed by atoms with Gasteiger partial charge in [0.15, 0.2) is 0 Å². The summed E-state index contributed by atoms with van der Waals surface area (Å²) >= 11 is 3.00. The highest BCUT2D eigenvalue weighted by Gasteiger charge is 2.43. The summed E-state index contributed by atoms with van der Waals surface area (Å²) in [4.78, 5) is 24.5. The summed E-state index contributed by atoms with van der Waals surface area (Å²) in [5, 5.41) is 9.00. The zero-order chi connectivity index (χ0) is 14.2. The molecule has 1 aromatic carbocycles. The van der Waals surface area contributed by atoms with Gasteiger partial charge in [-0.1, -0.05) is 0 Å². The number of hydrogen-bond acceptors (Lipinski definition) is 3. The van der Waals surface area contributed by atoms with Crippen LogP contribution in [0.1, 0.15) is 16.8 Å². The molecule has 1 saturated heterocycles. The van der Waals surface area contributed by atoms with E-state index in [1.165, 1.54) is 23.1 Å². The zero-order valence-electron chi connectivity index (χ0n) is 9.90. The molecule has 1 heterocycles. The predicted molar refractivity (Wildman–Crippen MR) is 69.2 cm³/mol. The quantitative estimate of drug-likeness (QED) is 0.853. The molecule has 102 valence electrons. The van der Waals surface area contributed by atoms with Crippen LogP contribution >= 0.6 is 15.9 Å². The van der Waals surface area contributed by atoms with E-state index < -0.39 is 17.3 Å². The standard InChI is InChI=1S/C12H12BrFN2O3/c13-8-5-7(1-2-9(8)14)10(17)16-4-3-12(15,6-16)11(18)19/h1-2,5H,3-4,6,15H2,(H,18,19). The minimum absolute atomic E-state index is 0.0455. The molecule has 1 aliphatic heterocycles. The molecule has 1 fully saturated rings. The molecule has 1 unspecified atom stereocenters. The van der Waals surface area contributed by atoms with Crippen molar-refractivity contribution in [1.29, 1.82) is 0 Å². The fourth-order valence-corrected chi connectivity index (χ4v) is 2.37. The maximum atomic E-state index is 13.1. The minimum Gasteiger partial charge on any atom is -0.480 e. The number of halogens is 2. The number of carboxylic acid groups (broad SMARTS) is 1. The molecule has 0 bridgehead atoms.